The number of likely N-dealkylation sites (N-methyl/N-ethyl adjacent to an activating group) is 1. The zero-order chi connectivity index (χ0) is 27.7. The normalized spacial score (nSPS) is 20.6. The number of methoxy groups -OCH3 is 2. The number of benzene rings is 2. The van der Waals surface area contributed by atoms with E-state index in [2.05, 4.69) is 54.5 Å². The van der Waals surface area contributed by atoms with Crippen molar-refractivity contribution in [3.8, 4) is 11.5 Å². The van der Waals surface area contributed by atoms with Crippen LogP contribution in [0.4, 0.5) is 4.79 Å². The molecule has 206 valence electrons. The van der Waals surface area contributed by atoms with Crippen molar-refractivity contribution >= 4 is 18.2 Å². The van der Waals surface area contributed by atoms with Crippen LogP contribution in [-0.4, -0.2) is 60.1 Å². The lowest BCUT2D eigenvalue weighted by molar-refractivity contribution is 0.0887. The second-order valence-electron chi connectivity index (χ2n) is 10.6. The highest BCUT2D eigenvalue weighted by molar-refractivity contribution is 5.83. The molecule has 0 radical (unpaired) electrons. The Hall–Kier alpha value is -3.71. The van der Waals surface area contributed by atoms with Gasteiger partial charge in [0.15, 0.2) is 0 Å². The van der Waals surface area contributed by atoms with Crippen molar-refractivity contribution in [2.24, 2.45) is 5.73 Å². The van der Waals surface area contributed by atoms with Gasteiger partial charge in [0.2, 0.25) is 0 Å². The Morgan fingerprint density at radius 2 is 1.95 bits per heavy atom. The topological polar surface area (TPSA) is 71.3 Å². The molecule has 1 spiro atoms. The number of likely N-dealkylation sites (tertiary alicyclic amines) is 1. The van der Waals surface area contributed by atoms with Crippen LogP contribution in [0.1, 0.15) is 60.4 Å². The predicted molar refractivity (Wildman–Crippen MR) is 156 cm³/mol. The van der Waals surface area contributed by atoms with Gasteiger partial charge in [-0.25, -0.2) is 4.79 Å². The highest BCUT2D eigenvalue weighted by Gasteiger charge is 2.54. The summed E-state index contributed by atoms with van der Waals surface area (Å²) >= 11 is 0. The molecule has 3 aliphatic heterocycles. The fourth-order valence-corrected chi connectivity index (χ4v) is 6.83. The van der Waals surface area contributed by atoms with Crippen molar-refractivity contribution in [1.82, 2.24) is 14.7 Å². The third-order valence-corrected chi connectivity index (χ3v) is 8.70. The van der Waals surface area contributed by atoms with Crippen molar-refractivity contribution in [3.63, 3.8) is 0 Å². The minimum Gasteiger partial charge on any atom is -0.497 e. The average molecular weight is 529 g/mol. The van der Waals surface area contributed by atoms with E-state index in [9.17, 15) is 4.79 Å². The molecule has 7 heteroatoms. The summed E-state index contributed by atoms with van der Waals surface area (Å²) in [6.45, 7) is 12.1. The van der Waals surface area contributed by atoms with Gasteiger partial charge in [0.1, 0.15) is 11.5 Å². The maximum atomic E-state index is 13.9. The summed E-state index contributed by atoms with van der Waals surface area (Å²) in [5, 5.41) is 0. The third-order valence-electron chi connectivity index (χ3n) is 8.70. The van der Waals surface area contributed by atoms with E-state index < -0.39 is 0 Å². The van der Waals surface area contributed by atoms with Gasteiger partial charge in [-0.2, -0.15) is 0 Å². The number of nitrogens with zero attached hydrogens (tertiary/aromatic N) is 3. The number of hydrogen-bond donors (Lipinski definition) is 1. The Morgan fingerprint density at radius 1 is 1.18 bits per heavy atom. The van der Waals surface area contributed by atoms with Crippen LogP contribution in [0.25, 0.3) is 12.2 Å². The number of ether oxygens (including phenoxy) is 2. The molecule has 7 nitrogen and oxygen atoms in total. The maximum Gasteiger partial charge on any atom is 0.325 e. The van der Waals surface area contributed by atoms with Crippen molar-refractivity contribution < 1.29 is 14.3 Å². The number of piperidine rings is 1. The Kier molecular flexibility index (Phi) is 7.45. The molecule has 2 aromatic carbocycles. The lowest BCUT2D eigenvalue weighted by atomic mass is 9.82. The molecular weight excluding hydrogens is 488 g/mol. The summed E-state index contributed by atoms with van der Waals surface area (Å²) in [6, 6.07) is 10.4. The number of carbonyl (C=O) groups excluding carboxylic acids is 1. The highest BCUT2D eigenvalue weighted by Crippen LogP contribution is 2.49. The molecule has 1 atom stereocenters. The molecule has 39 heavy (non-hydrogen) atoms. The van der Waals surface area contributed by atoms with E-state index in [1.807, 2.05) is 29.2 Å². The molecule has 0 aliphatic carbocycles. The minimum absolute atomic E-state index is 0.0908. The van der Waals surface area contributed by atoms with Crippen LogP contribution in [-0.2, 0) is 13.1 Å². The summed E-state index contributed by atoms with van der Waals surface area (Å²) in [5.74, 6) is 1.66. The lowest BCUT2D eigenvalue weighted by Gasteiger charge is -2.44. The number of carbonyl (C=O) groups is 1. The number of urea groups is 1. The van der Waals surface area contributed by atoms with Crippen LogP contribution in [0.3, 0.4) is 0 Å². The SMILES string of the molecule is C=Cc1cccc(CN2CCC3(CC2)C2=CC(C)c4c(cc(OC)cc4OC)CN2C(=O)N3CC)c1/C=C\N. The first-order valence-electron chi connectivity index (χ1n) is 13.8. The van der Waals surface area contributed by atoms with E-state index >= 15 is 0 Å². The third kappa shape index (κ3) is 4.48. The van der Waals surface area contributed by atoms with Gasteiger partial charge >= 0.3 is 6.03 Å². The standard InChI is InChI=1S/C32H40N4O3/c1-6-23-9-8-10-24(27(23)11-14-33)20-34-15-12-32(13-16-34)29-17-22(3)30-25(18-26(38-4)19-28(30)39-5)21-35(29)31(37)36(32)7-2/h6,8-11,14,17-19,22H,1,7,12-13,15-16,20-21,33H2,2-5H3/b14-11-. The molecule has 0 aromatic heterocycles. The van der Waals surface area contributed by atoms with Crippen LogP contribution in [0, 0.1) is 0 Å². The molecule has 0 saturated carbocycles. The Balaban J connectivity index is 1.45. The molecule has 3 aliphatic rings. The number of fused-ring (bicyclic) bond motifs is 3. The zero-order valence-electron chi connectivity index (χ0n) is 23.6. The number of rotatable bonds is 7. The number of nitrogens with two attached hydrogens (primary N) is 1. The molecule has 2 aromatic rings. The summed E-state index contributed by atoms with van der Waals surface area (Å²) in [4.78, 5) is 20.5. The van der Waals surface area contributed by atoms with Gasteiger partial charge in [-0.3, -0.25) is 9.80 Å². The van der Waals surface area contributed by atoms with Crippen molar-refractivity contribution in [3.05, 3.63) is 82.7 Å². The van der Waals surface area contributed by atoms with Crippen molar-refractivity contribution in [2.75, 3.05) is 33.9 Å². The van der Waals surface area contributed by atoms with E-state index in [4.69, 9.17) is 15.2 Å². The summed E-state index contributed by atoms with van der Waals surface area (Å²) in [6.07, 6.45) is 9.52. The predicted octanol–water partition coefficient (Wildman–Crippen LogP) is 5.57. The van der Waals surface area contributed by atoms with Gasteiger partial charge in [0, 0.05) is 49.4 Å². The summed E-state index contributed by atoms with van der Waals surface area (Å²) in [7, 11) is 3.36. The van der Waals surface area contributed by atoms with E-state index in [0.717, 1.165) is 71.9 Å². The Morgan fingerprint density at radius 3 is 2.59 bits per heavy atom. The molecule has 2 fully saturated rings. The smallest absolute Gasteiger partial charge is 0.325 e. The zero-order valence-corrected chi connectivity index (χ0v) is 23.6. The number of amides is 2. The average Bonchev–Trinajstić information content (AvgIpc) is 3.05. The maximum absolute atomic E-state index is 13.9. The van der Waals surface area contributed by atoms with Gasteiger partial charge in [0.25, 0.3) is 0 Å². The molecule has 2 amide bonds. The van der Waals surface area contributed by atoms with Crippen molar-refractivity contribution in [1.29, 1.82) is 0 Å². The Labute approximate surface area is 232 Å². The fraction of sp³-hybridized carbons (Fsp3) is 0.406. The number of hydrogen-bond acceptors (Lipinski definition) is 5. The summed E-state index contributed by atoms with van der Waals surface area (Å²) in [5.41, 5.74) is 12.2. The second-order valence-corrected chi connectivity index (χ2v) is 10.6. The highest BCUT2D eigenvalue weighted by atomic mass is 16.5. The molecule has 2 N–H and O–H groups in total. The first-order valence-corrected chi connectivity index (χ1v) is 13.8. The monoisotopic (exact) mass is 528 g/mol. The van der Waals surface area contributed by atoms with Crippen LogP contribution >= 0.6 is 0 Å². The van der Waals surface area contributed by atoms with Crippen LogP contribution in [0.2, 0.25) is 0 Å². The van der Waals surface area contributed by atoms with Crippen LogP contribution in [0.5, 0.6) is 11.5 Å². The van der Waals surface area contributed by atoms with Crippen LogP contribution in [0.15, 0.2) is 54.9 Å². The molecule has 0 bridgehead atoms. The molecule has 2 saturated heterocycles. The van der Waals surface area contributed by atoms with Gasteiger partial charge in [-0.1, -0.05) is 43.9 Å². The molecule has 1 unspecified atom stereocenters. The van der Waals surface area contributed by atoms with E-state index in [-0.39, 0.29) is 17.5 Å². The van der Waals surface area contributed by atoms with Gasteiger partial charge in [0.05, 0.1) is 26.3 Å². The van der Waals surface area contributed by atoms with Crippen molar-refractivity contribution in [2.45, 2.75) is 51.2 Å². The van der Waals surface area contributed by atoms with Gasteiger partial charge < -0.3 is 20.1 Å². The second kappa shape index (κ2) is 10.8. The quantitative estimate of drug-likeness (QED) is 0.509. The first kappa shape index (κ1) is 26.9. The molecule has 3 heterocycles. The van der Waals surface area contributed by atoms with Gasteiger partial charge in [-0.05, 0) is 60.4 Å². The lowest BCUT2D eigenvalue weighted by Crippen LogP contribution is -2.53. The molecule has 5 rings (SSSR count). The van der Waals surface area contributed by atoms with Gasteiger partial charge in [-0.15, -0.1) is 0 Å². The minimum atomic E-state index is -0.307. The number of allylic oxidation sites excluding steroid dienone is 1. The largest absolute Gasteiger partial charge is 0.497 e. The van der Waals surface area contributed by atoms with E-state index in [0.29, 0.717) is 13.1 Å². The van der Waals surface area contributed by atoms with E-state index in [1.165, 1.54) is 5.56 Å². The fourth-order valence-electron chi connectivity index (χ4n) is 6.83. The van der Waals surface area contributed by atoms with Crippen LogP contribution < -0.4 is 15.2 Å². The first-order chi connectivity index (χ1) is 18.9. The summed E-state index contributed by atoms with van der Waals surface area (Å²) < 4.78 is 11.3. The van der Waals surface area contributed by atoms with E-state index in [1.54, 1.807) is 20.4 Å². The Bertz CT molecular complexity index is 1320. The molecular formula is C32H40N4O3.